The molecule has 2 fully saturated rings. The molecule has 2 aliphatic rings. The lowest BCUT2D eigenvalue weighted by Crippen LogP contribution is -2.38. The maximum Gasteiger partial charge on any atom is 0.133 e. The van der Waals surface area contributed by atoms with Gasteiger partial charge in [-0.1, -0.05) is 6.07 Å². The third kappa shape index (κ3) is 2.93. The van der Waals surface area contributed by atoms with E-state index in [2.05, 4.69) is 33.1 Å². The van der Waals surface area contributed by atoms with Crippen LogP contribution in [0.15, 0.2) is 22.9 Å². The molecule has 4 heterocycles. The average Bonchev–Trinajstić information content (AvgIpc) is 3.22. The Balaban J connectivity index is 1.41. The highest BCUT2D eigenvalue weighted by molar-refractivity contribution is 7.20. The zero-order chi connectivity index (χ0) is 14.1. The fourth-order valence-electron chi connectivity index (χ4n) is 3.65. The molecule has 0 aromatic carbocycles. The second kappa shape index (κ2) is 5.80. The van der Waals surface area contributed by atoms with Crippen LogP contribution in [-0.2, 0) is 6.54 Å². The van der Waals surface area contributed by atoms with Crippen molar-refractivity contribution < 1.29 is 0 Å². The summed E-state index contributed by atoms with van der Waals surface area (Å²) in [5.74, 6) is 0. The van der Waals surface area contributed by atoms with E-state index in [1.807, 2.05) is 0 Å². The van der Waals surface area contributed by atoms with Crippen LogP contribution in [0.5, 0.6) is 0 Å². The first-order valence-electron chi connectivity index (χ1n) is 7.74. The quantitative estimate of drug-likeness (QED) is 0.939. The number of thiazole rings is 1. The summed E-state index contributed by atoms with van der Waals surface area (Å²) in [6.07, 6.45) is 4.07. The molecule has 3 nitrogen and oxygen atoms in total. The maximum atomic E-state index is 4.82. The summed E-state index contributed by atoms with van der Waals surface area (Å²) >= 11 is 3.56. The second-order valence-electron chi connectivity index (χ2n) is 6.33. The molecule has 0 amide bonds. The first-order valence-corrected chi connectivity index (χ1v) is 9.50. The summed E-state index contributed by atoms with van der Waals surface area (Å²) in [6.45, 7) is 5.93. The van der Waals surface area contributed by atoms with Crippen molar-refractivity contribution in [3.05, 3.63) is 28.6 Å². The van der Waals surface area contributed by atoms with Crippen LogP contribution < -0.4 is 5.32 Å². The lowest BCUT2D eigenvalue weighted by molar-refractivity contribution is 0.193. The van der Waals surface area contributed by atoms with Crippen molar-refractivity contribution in [2.24, 2.45) is 5.41 Å². The van der Waals surface area contributed by atoms with Crippen molar-refractivity contribution in [1.29, 1.82) is 0 Å². The van der Waals surface area contributed by atoms with Crippen LogP contribution in [0.3, 0.4) is 0 Å². The van der Waals surface area contributed by atoms with Gasteiger partial charge in [0.25, 0.3) is 0 Å². The molecular formula is C16H21N3S2. The largest absolute Gasteiger partial charge is 0.317 e. The Morgan fingerprint density at radius 3 is 2.95 bits per heavy atom. The van der Waals surface area contributed by atoms with Crippen LogP contribution in [0, 0.1) is 5.41 Å². The van der Waals surface area contributed by atoms with Gasteiger partial charge in [-0.25, -0.2) is 4.98 Å². The molecule has 0 saturated carbocycles. The molecule has 5 heteroatoms. The third-order valence-electron chi connectivity index (χ3n) is 4.85. The molecule has 2 aliphatic heterocycles. The predicted octanol–water partition coefficient (Wildman–Crippen LogP) is 3.45. The fraction of sp³-hybridized carbons (Fsp3) is 0.562. The van der Waals surface area contributed by atoms with Gasteiger partial charge in [-0.3, -0.25) is 4.90 Å². The van der Waals surface area contributed by atoms with Gasteiger partial charge in [-0.05, 0) is 55.8 Å². The number of piperidine rings is 1. The van der Waals surface area contributed by atoms with Gasteiger partial charge in [0.15, 0.2) is 0 Å². The van der Waals surface area contributed by atoms with Crippen LogP contribution >= 0.6 is 22.7 Å². The lowest BCUT2D eigenvalue weighted by Gasteiger charge is -2.33. The number of nitrogens with one attached hydrogen (secondary N) is 1. The van der Waals surface area contributed by atoms with E-state index in [0.717, 1.165) is 6.54 Å². The van der Waals surface area contributed by atoms with E-state index in [9.17, 15) is 0 Å². The molecule has 1 N–H and O–H groups in total. The number of likely N-dealkylation sites (tertiary alicyclic amines) is 1. The highest BCUT2D eigenvalue weighted by Gasteiger charge is 2.38. The summed E-state index contributed by atoms with van der Waals surface area (Å²) < 4.78 is 0. The molecule has 1 spiro atoms. The number of hydrogen-bond acceptors (Lipinski definition) is 5. The van der Waals surface area contributed by atoms with E-state index in [1.165, 1.54) is 61.0 Å². The molecule has 0 unspecified atom stereocenters. The van der Waals surface area contributed by atoms with Gasteiger partial charge in [0, 0.05) is 18.5 Å². The van der Waals surface area contributed by atoms with E-state index in [4.69, 9.17) is 4.98 Å². The highest BCUT2D eigenvalue weighted by atomic mass is 32.1. The van der Waals surface area contributed by atoms with Crippen molar-refractivity contribution in [2.45, 2.75) is 25.8 Å². The molecule has 2 aromatic heterocycles. The monoisotopic (exact) mass is 319 g/mol. The summed E-state index contributed by atoms with van der Waals surface area (Å²) in [5, 5.41) is 9.03. The third-order valence-corrected chi connectivity index (χ3v) is 6.78. The zero-order valence-corrected chi connectivity index (χ0v) is 13.8. The van der Waals surface area contributed by atoms with Gasteiger partial charge in [0.1, 0.15) is 5.01 Å². The first kappa shape index (κ1) is 13.9. The van der Waals surface area contributed by atoms with Gasteiger partial charge in [-0.15, -0.1) is 22.7 Å². The Morgan fingerprint density at radius 2 is 2.14 bits per heavy atom. The Bertz CT molecular complexity index is 584. The van der Waals surface area contributed by atoms with Crippen LogP contribution in [0.1, 0.15) is 25.0 Å². The Morgan fingerprint density at radius 1 is 1.24 bits per heavy atom. The second-order valence-corrected chi connectivity index (χ2v) is 8.14. The molecule has 0 aliphatic carbocycles. The predicted molar refractivity (Wildman–Crippen MR) is 89.9 cm³/mol. The Kier molecular flexibility index (Phi) is 3.83. The molecule has 112 valence electrons. The summed E-state index contributed by atoms with van der Waals surface area (Å²) in [5.41, 5.74) is 1.84. The summed E-state index contributed by atoms with van der Waals surface area (Å²) in [6, 6.07) is 4.26. The molecule has 0 atom stereocenters. The molecule has 2 saturated heterocycles. The van der Waals surface area contributed by atoms with E-state index < -0.39 is 0 Å². The highest BCUT2D eigenvalue weighted by Crippen LogP contribution is 2.39. The summed E-state index contributed by atoms with van der Waals surface area (Å²) in [7, 11) is 0. The number of thiophene rings is 1. The molecular weight excluding hydrogens is 298 g/mol. The van der Waals surface area contributed by atoms with Crippen molar-refractivity contribution in [2.75, 3.05) is 26.2 Å². The van der Waals surface area contributed by atoms with Gasteiger partial charge in [0.05, 0.1) is 10.6 Å². The van der Waals surface area contributed by atoms with E-state index in [-0.39, 0.29) is 0 Å². The number of nitrogens with zero attached hydrogens (tertiary/aromatic N) is 2. The topological polar surface area (TPSA) is 28.2 Å². The first-order chi connectivity index (χ1) is 10.3. The Hall–Kier alpha value is -0.750. The van der Waals surface area contributed by atoms with Crippen LogP contribution in [0.25, 0.3) is 9.88 Å². The normalized spacial score (nSPS) is 22.1. The average molecular weight is 319 g/mol. The number of aromatic nitrogens is 1. The summed E-state index contributed by atoms with van der Waals surface area (Å²) in [4.78, 5) is 8.73. The smallest absolute Gasteiger partial charge is 0.133 e. The fourth-order valence-corrected chi connectivity index (χ4v) is 5.28. The van der Waals surface area contributed by atoms with Crippen molar-refractivity contribution in [1.82, 2.24) is 15.2 Å². The lowest BCUT2D eigenvalue weighted by atomic mass is 9.78. The minimum atomic E-state index is 0.595. The molecule has 21 heavy (non-hydrogen) atoms. The van der Waals surface area contributed by atoms with Crippen molar-refractivity contribution in [3.63, 3.8) is 0 Å². The van der Waals surface area contributed by atoms with Crippen molar-refractivity contribution in [3.8, 4) is 9.88 Å². The van der Waals surface area contributed by atoms with Gasteiger partial charge >= 0.3 is 0 Å². The minimum Gasteiger partial charge on any atom is -0.317 e. The minimum absolute atomic E-state index is 0.595. The van der Waals surface area contributed by atoms with E-state index >= 15 is 0 Å². The molecule has 2 aromatic rings. The Labute approximate surface area is 134 Å². The standard InChI is InChI=1S/C16H21N3S2/c1-2-14(20-9-1)15-18-13(11-21-15)10-19-8-5-16(12-19)3-6-17-7-4-16/h1-2,9,11,17H,3-8,10,12H2. The van der Waals surface area contributed by atoms with Crippen LogP contribution in [-0.4, -0.2) is 36.1 Å². The number of rotatable bonds is 3. The molecule has 0 bridgehead atoms. The maximum absolute atomic E-state index is 4.82. The van der Waals surface area contributed by atoms with Crippen LogP contribution in [0.4, 0.5) is 0 Å². The molecule has 4 rings (SSSR count). The van der Waals surface area contributed by atoms with Gasteiger partial charge in [-0.2, -0.15) is 0 Å². The number of hydrogen-bond donors (Lipinski definition) is 1. The van der Waals surface area contributed by atoms with E-state index in [0.29, 0.717) is 5.41 Å². The van der Waals surface area contributed by atoms with Crippen molar-refractivity contribution >= 4 is 22.7 Å². The van der Waals surface area contributed by atoms with Crippen LogP contribution in [0.2, 0.25) is 0 Å². The van der Waals surface area contributed by atoms with Gasteiger partial charge < -0.3 is 5.32 Å². The van der Waals surface area contributed by atoms with E-state index in [1.54, 1.807) is 22.7 Å². The van der Waals surface area contributed by atoms with Gasteiger partial charge in [0.2, 0.25) is 0 Å². The zero-order valence-electron chi connectivity index (χ0n) is 12.2. The SMILES string of the molecule is c1csc(-c2nc(CN3CCC4(CCNCC4)C3)cs2)c1. The molecule has 0 radical (unpaired) electrons.